The molecule has 1 saturated heterocycles. The van der Waals surface area contributed by atoms with Gasteiger partial charge in [0.05, 0.1) is 6.04 Å². The molecule has 0 aliphatic carbocycles. The molecule has 0 aromatic heterocycles. The summed E-state index contributed by atoms with van der Waals surface area (Å²) < 4.78 is 0. The topological polar surface area (TPSA) is 35.6 Å². The molecule has 0 saturated carbocycles. The largest absolute Gasteiger partial charge is 0.341 e. The second-order valence-corrected chi connectivity index (χ2v) is 4.45. The minimum atomic E-state index is -0.0194. The van der Waals surface area contributed by atoms with Crippen LogP contribution in [0.3, 0.4) is 0 Å². The van der Waals surface area contributed by atoms with Crippen LogP contribution < -0.4 is 5.32 Å². The van der Waals surface area contributed by atoms with Gasteiger partial charge in [0.1, 0.15) is 0 Å². The highest BCUT2D eigenvalue weighted by Gasteiger charge is 2.26. The lowest BCUT2D eigenvalue weighted by Crippen LogP contribution is -2.48. The maximum Gasteiger partial charge on any atom is 0.241 e. The Morgan fingerprint density at radius 3 is 2.87 bits per heavy atom. The molecule has 1 aliphatic heterocycles. The fraction of sp³-hybridized carbons (Fsp3) is 0.909. The van der Waals surface area contributed by atoms with Gasteiger partial charge in [0.2, 0.25) is 5.91 Å². The SMILES string of the molecule is CCCN1CCCNC(CN(C)C)C1=O. The van der Waals surface area contributed by atoms with Crippen LogP contribution in [0.1, 0.15) is 19.8 Å². The number of likely N-dealkylation sites (N-methyl/N-ethyl adjacent to an activating group) is 1. The van der Waals surface area contributed by atoms with E-state index in [0.717, 1.165) is 39.0 Å². The lowest BCUT2D eigenvalue weighted by Gasteiger charge is -2.25. The zero-order valence-electron chi connectivity index (χ0n) is 10.1. The van der Waals surface area contributed by atoms with Gasteiger partial charge in [0.15, 0.2) is 0 Å². The van der Waals surface area contributed by atoms with Crippen LogP contribution in [0, 0.1) is 0 Å². The van der Waals surface area contributed by atoms with Crippen LogP contribution in [0.25, 0.3) is 0 Å². The summed E-state index contributed by atoms with van der Waals surface area (Å²) >= 11 is 0. The maximum atomic E-state index is 12.1. The molecular weight excluding hydrogens is 190 g/mol. The molecule has 4 nitrogen and oxygen atoms in total. The van der Waals surface area contributed by atoms with Crippen molar-refractivity contribution in [3.8, 4) is 0 Å². The monoisotopic (exact) mass is 213 g/mol. The van der Waals surface area contributed by atoms with E-state index in [0.29, 0.717) is 0 Å². The van der Waals surface area contributed by atoms with Gasteiger partial charge >= 0.3 is 0 Å². The van der Waals surface area contributed by atoms with Crippen molar-refractivity contribution in [1.82, 2.24) is 15.1 Å². The van der Waals surface area contributed by atoms with Crippen molar-refractivity contribution in [1.29, 1.82) is 0 Å². The first-order chi connectivity index (χ1) is 7.15. The summed E-state index contributed by atoms with van der Waals surface area (Å²) in [5.74, 6) is 0.267. The highest BCUT2D eigenvalue weighted by Crippen LogP contribution is 2.04. The van der Waals surface area contributed by atoms with Crippen LogP contribution in [0.2, 0.25) is 0 Å². The van der Waals surface area contributed by atoms with Gasteiger partial charge in [-0.1, -0.05) is 6.92 Å². The molecule has 0 spiro atoms. The number of hydrogen-bond donors (Lipinski definition) is 1. The number of carbonyl (C=O) groups is 1. The number of amides is 1. The molecule has 1 atom stereocenters. The number of nitrogens with one attached hydrogen (secondary N) is 1. The smallest absolute Gasteiger partial charge is 0.241 e. The fourth-order valence-corrected chi connectivity index (χ4v) is 1.96. The summed E-state index contributed by atoms with van der Waals surface area (Å²) in [7, 11) is 4.01. The predicted molar refractivity (Wildman–Crippen MR) is 61.8 cm³/mol. The van der Waals surface area contributed by atoms with E-state index in [1.54, 1.807) is 0 Å². The van der Waals surface area contributed by atoms with E-state index in [1.165, 1.54) is 0 Å². The van der Waals surface area contributed by atoms with E-state index in [2.05, 4.69) is 17.1 Å². The Kier molecular flexibility index (Phi) is 5.05. The van der Waals surface area contributed by atoms with Gasteiger partial charge in [0.25, 0.3) is 0 Å². The highest BCUT2D eigenvalue weighted by molar-refractivity contribution is 5.82. The molecule has 15 heavy (non-hydrogen) atoms. The Bertz CT molecular complexity index is 206. The molecule has 0 radical (unpaired) electrons. The first kappa shape index (κ1) is 12.5. The van der Waals surface area contributed by atoms with E-state index in [-0.39, 0.29) is 11.9 Å². The quantitative estimate of drug-likeness (QED) is 0.722. The predicted octanol–water partition coefficient (Wildman–Crippen LogP) is 0.149. The van der Waals surface area contributed by atoms with E-state index >= 15 is 0 Å². The summed E-state index contributed by atoms with van der Waals surface area (Å²) in [4.78, 5) is 16.2. The van der Waals surface area contributed by atoms with Crippen LogP contribution in [0.4, 0.5) is 0 Å². The Morgan fingerprint density at radius 1 is 1.53 bits per heavy atom. The summed E-state index contributed by atoms with van der Waals surface area (Å²) in [6.45, 7) is 5.66. The first-order valence-corrected chi connectivity index (χ1v) is 5.82. The van der Waals surface area contributed by atoms with Gasteiger partial charge in [-0.25, -0.2) is 0 Å². The van der Waals surface area contributed by atoms with Crippen LogP contribution in [-0.2, 0) is 4.79 Å². The van der Waals surface area contributed by atoms with Crippen LogP contribution in [0.5, 0.6) is 0 Å². The van der Waals surface area contributed by atoms with Crippen molar-refractivity contribution < 1.29 is 4.79 Å². The molecule has 1 heterocycles. The Balaban J connectivity index is 2.57. The van der Waals surface area contributed by atoms with Crippen molar-refractivity contribution in [2.75, 3.05) is 40.3 Å². The molecular formula is C11H23N3O. The number of nitrogens with zero attached hydrogens (tertiary/aromatic N) is 2. The lowest BCUT2D eigenvalue weighted by atomic mass is 10.2. The third-order valence-corrected chi connectivity index (χ3v) is 2.65. The summed E-state index contributed by atoms with van der Waals surface area (Å²) in [5, 5.41) is 3.32. The van der Waals surface area contributed by atoms with Crippen molar-refractivity contribution in [2.45, 2.75) is 25.8 Å². The summed E-state index contributed by atoms with van der Waals surface area (Å²) in [6, 6.07) is -0.0194. The second-order valence-electron chi connectivity index (χ2n) is 4.45. The van der Waals surface area contributed by atoms with Gasteiger partial charge in [-0.2, -0.15) is 0 Å². The zero-order valence-corrected chi connectivity index (χ0v) is 10.1. The average Bonchev–Trinajstić information content (AvgIpc) is 2.33. The molecule has 1 aliphatic rings. The highest BCUT2D eigenvalue weighted by atomic mass is 16.2. The van der Waals surface area contributed by atoms with Gasteiger partial charge in [-0.05, 0) is 33.5 Å². The molecule has 0 bridgehead atoms. The second kappa shape index (κ2) is 6.08. The Hall–Kier alpha value is -0.610. The van der Waals surface area contributed by atoms with Crippen LogP contribution in [-0.4, -0.2) is 62.0 Å². The molecule has 1 unspecified atom stereocenters. The lowest BCUT2D eigenvalue weighted by molar-refractivity contribution is -0.133. The summed E-state index contributed by atoms with van der Waals surface area (Å²) in [6.07, 6.45) is 2.11. The van der Waals surface area contributed by atoms with Gasteiger partial charge in [-0.3, -0.25) is 4.79 Å². The normalized spacial score (nSPS) is 23.3. The van der Waals surface area contributed by atoms with E-state index in [1.807, 2.05) is 19.0 Å². The van der Waals surface area contributed by atoms with E-state index in [9.17, 15) is 4.79 Å². The minimum Gasteiger partial charge on any atom is -0.341 e. The molecule has 4 heteroatoms. The average molecular weight is 213 g/mol. The molecule has 1 fully saturated rings. The minimum absolute atomic E-state index is 0.0194. The maximum absolute atomic E-state index is 12.1. The summed E-state index contributed by atoms with van der Waals surface area (Å²) in [5.41, 5.74) is 0. The van der Waals surface area contributed by atoms with Crippen molar-refractivity contribution in [2.24, 2.45) is 0 Å². The molecule has 0 aromatic rings. The van der Waals surface area contributed by atoms with Crippen LogP contribution in [0.15, 0.2) is 0 Å². The Morgan fingerprint density at radius 2 is 2.27 bits per heavy atom. The van der Waals surface area contributed by atoms with E-state index < -0.39 is 0 Å². The van der Waals surface area contributed by atoms with Crippen molar-refractivity contribution in [3.05, 3.63) is 0 Å². The Labute approximate surface area is 92.6 Å². The standard InChI is InChI=1S/C11H23N3O/c1-4-7-14-8-5-6-12-10(11(14)15)9-13(2)3/h10,12H,4-9H2,1-3H3. The van der Waals surface area contributed by atoms with Gasteiger partial charge in [0, 0.05) is 19.6 Å². The van der Waals surface area contributed by atoms with Crippen molar-refractivity contribution in [3.63, 3.8) is 0 Å². The van der Waals surface area contributed by atoms with E-state index in [4.69, 9.17) is 0 Å². The third kappa shape index (κ3) is 3.80. The fourth-order valence-electron chi connectivity index (χ4n) is 1.96. The number of carbonyl (C=O) groups excluding carboxylic acids is 1. The molecule has 1 rings (SSSR count). The zero-order chi connectivity index (χ0) is 11.3. The molecule has 88 valence electrons. The van der Waals surface area contributed by atoms with Crippen molar-refractivity contribution >= 4 is 5.91 Å². The number of rotatable bonds is 4. The number of hydrogen-bond acceptors (Lipinski definition) is 3. The van der Waals surface area contributed by atoms with Gasteiger partial charge in [-0.15, -0.1) is 0 Å². The molecule has 0 aromatic carbocycles. The third-order valence-electron chi connectivity index (χ3n) is 2.65. The first-order valence-electron chi connectivity index (χ1n) is 5.82. The molecule has 1 N–H and O–H groups in total. The van der Waals surface area contributed by atoms with Crippen LogP contribution >= 0.6 is 0 Å². The van der Waals surface area contributed by atoms with Gasteiger partial charge < -0.3 is 15.1 Å². The molecule has 1 amide bonds.